The predicted octanol–water partition coefficient (Wildman–Crippen LogP) is 2.08. The quantitative estimate of drug-likeness (QED) is 0.875. The standard InChI is InChI=1S/C18H16N2O4/c21-17-14(8-12-4-2-1-3-5-12)19-18(22)20(17)10-13-6-7-15-16(9-13)24-11-23-15/h1-7,9,14H,8,10-11H2,(H,19,22). The minimum absolute atomic E-state index is 0.196. The smallest absolute Gasteiger partial charge is 0.325 e. The van der Waals surface area contributed by atoms with Crippen LogP contribution < -0.4 is 14.8 Å². The van der Waals surface area contributed by atoms with Crippen molar-refractivity contribution in [3.05, 3.63) is 59.7 Å². The second-order valence-electron chi connectivity index (χ2n) is 5.80. The summed E-state index contributed by atoms with van der Waals surface area (Å²) < 4.78 is 10.6. The molecule has 1 saturated heterocycles. The van der Waals surface area contributed by atoms with Crippen molar-refractivity contribution < 1.29 is 19.1 Å². The highest BCUT2D eigenvalue weighted by molar-refractivity contribution is 6.04. The topological polar surface area (TPSA) is 67.9 Å². The molecule has 1 fully saturated rings. The maximum atomic E-state index is 12.5. The summed E-state index contributed by atoms with van der Waals surface area (Å²) in [6.07, 6.45) is 0.489. The molecule has 0 aromatic heterocycles. The summed E-state index contributed by atoms with van der Waals surface area (Å²) in [5.41, 5.74) is 1.84. The van der Waals surface area contributed by atoms with Gasteiger partial charge in [0.15, 0.2) is 11.5 Å². The predicted molar refractivity (Wildman–Crippen MR) is 85.6 cm³/mol. The molecule has 0 bridgehead atoms. The fourth-order valence-corrected chi connectivity index (χ4v) is 2.94. The van der Waals surface area contributed by atoms with Crippen LogP contribution >= 0.6 is 0 Å². The first-order valence-corrected chi connectivity index (χ1v) is 7.75. The summed E-state index contributed by atoms with van der Waals surface area (Å²) in [6.45, 7) is 0.410. The Morgan fingerprint density at radius 2 is 1.79 bits per heavy atom. The first kappa shape index (κ1) is 14.6. The second kappa shape index (κ2) is 5.88. The highest BCUT2D eigenvalue weighted by Gasteiger charge is 2.37. The average molecular weight is 324 g/mol. The molecule has 4 rings (SSSR count). The number of ether oxygens (including phenoxy) is 2. The van der Waals surface area contributed by atoms with Gasteiger partial charge in [0.2, 0.25) is 6.79 Å². The van der Waals surface area contributed by atoms with Gasteiger partial charge in [-0.3, -0.25) is 9.69 Å². The Balaban J connectivity index is 1.47. The number of amides is 3. The van der Waals surface area contributed by atoms with Gasteiger partial charge in [0.1, 0.15) is 6.04 Å². The monoisotopic (exact) mass is 324 g/mol. The van der Waals surface area contributed by atoms with Crippen molar-refractivity contribution in [3.63, 3.8) is 0 Å². The average Bonchev–Trinajstić information content (AvgIpc) is 3.16. The van der Waals surface area contributed by atoms with Gasteiger partial charge >= 0.3 is 6.03 Å². The van der Waals surface area contributed by atoms with Gasteiger partial charge in [-0.25, -0.2) is 4.79 Å². The van der Waals surface area contributed by atoms with E-state index in [2.05, 4.69) is 5.32 Å². The van der Waals surface area contributed by atoms with Crippen molar-refractivity contribution in [1.29, 1.82) is 0 Å². The molecule has 2 aliphatic heterocycles. The van der Waals surface area contributed by atoms with E-state index in [1.807, 2.05) is 36.4 Å². The molecule has 6 nitrogen and oxygen atoms in total. The lowest BCUT2D eigenvalue weighted by molar-refractivity contribution is -0.127. The highest BCUT2D eigenvalue weighted by Crippen LogP contribution is 2.33. The molecule has 2 aromatic rings. The van der Waals surface area contributed by atoms with Gasteiger partial charge in [0, 0.05) is 6.42 Å². The number of carbonyl (C=O) groups is 2. The Bertz CT molecular complexity index is 791. The van der Waals surface area contributed by atoms with Crippen LogP contribution in [0.25, 0.3) is 0 Å². The van der Waals surface area contributed by atoms with Crippen LogP contribution in [-0.4, -0.2) is 29.7 Å². The molecule has 1 N–H and O–H groups in total. The fraction of sp³-hybridized carbons (Fsp3) is 0.222. The molecule has 2 heterocycles. The number of hydrogen-bond acceptors (Lipinski definition) is 4. The van der Waals surface area contributed by atoms with Gasteiger partial charge in [-0.1, -0.05) is 36.4 Å². The maximum absolute atomic E-state index is 12.5. The normalized spacial score (nSPS) is 18.8. The van der Waals surface area contributed by atoms with E-state index in [1.165, 1.54) is 4.90 Å². The lowest BCUT2D eigenvalue weighted by Crippen LogP contribution is -2.32. The third kappa shape index (κ3) is 2.67. The Morgan fingerprint density at radius 1 is 1.00 bits per heavy atom. The Morgan fingerprint density at radius 3 is 2.62 bits per heavy atom. The van der Waals surface area contributed by atoms with Gasteiger partial charge in [0.25, 0.3) is 5.91 Å². The lowest BCUT2D eigenvalue weighted by Gasteiger charge is -2.13. The van der Waals surface area contributed by atoms with Crippen LogP contribution in [0.4, 0.5) is 4.79 Å². The summed E-state index contributed by atoms with van der Waals surface area (Å²) in [6, 6.07) is 14.2. The van der Waals surface area contributed by atoms with Crippen LogP contribution in [0.5, 0.6) is 11.5 Å². The number of nitrogens with zero attached hydrogens (tertiary/aromatic N) is 1. The van der Waals surface area contributed by atoms with Gasteiger partial charge < -0.3 is 14.8 Å². The van der Waals surface area contributed by atoms with Crippen LogP contribution in [0.3, 0.4) is 0 Å². The van der Waals surface area contributed by atoms with Gasteiger partial charge in [-0.2, -0.15) is 0 Å². The second-order valence-corrected chi connectivity index (χ2v) is 5.80. The lowest BCUT2D eigenvalue weighted by atomic mass is 10.1. The molecular formula is C18H16N2O4. The molecule has 0 aliphatic carbocycles. The summed E-state index contributed by atoms with van der Waals surface area (Å²) in [5, 5.41) is 2.76. The summed E-state index contributed by atoms with van der Waals surface area (Å²) in [7, 11) is 0. The van der Waals surface area contributed by atoms with Crippen molar-refractivity contribution in [1.82, 2.24) is 10.2 Å². The largest absolute Gasteiger partial charge is 0.454 e. The number of urea groups is 1. The van der Waals surface area contributed by atoms with Crippen LogP contribution in [0, 0.1) is 0 Å². The Hall–Kier alpha value is -3.02. The van der Waals surface area contributed by atoms with E-state index in [0.29, 0.717) is 17.9 Å². The number of imide groups is 1. The van der Waals surface area contributed by atoms with Crippen LogP contribution in [0.2, 0.25) is 0 Å². The van der Waals surface area contributed by atoms with E-state index in [1.54, 1.807) is 12.1 Å². The van der Waals surface area contributed by atoms with E-state index in [0.717, 1.165) is 11.1 Å². The SMILES string of the molecule is O=C1NC(Cc2ccccc2)C(=O)N1Cc1ccc2c(c1)OCO2. The minimum atomic E-state index is -0.520. The molecule has 24 heavy (non-hydrogen) atoms. The zero-order valence-electron chi connectivity index (χ0n) is 12.9. The molecule has 3 amide bonds. The third-order valence-electron chi connectivity index (χ3n) is 4.17. The number of hydrogen-bond donors (Lipinski definition) is 1. The first-order valence-electron chi connectivity index (χ1n) is 7.75. The van der Waals surface area contributed by atoms with Crippen molar-refractivity contribution in [2.75, 3.05) is 6.79 Å². The van der Waals surface area contributed by atoms with Crippen LogP contribution in [-0.2, 0) is 17.8 Å². The van der Waals surface area contributed by atoms with E-state index in [-0.39, 0.29) is 25.3 Å². The Labute approximate surface area is 139 Å². The van der Waals surface area contributed by atoms with E-state index >= 15 is 0 Å². The summed E-state index contributed by atoms with van der Waals surface area (Å²) in [4.78, 5) is 25.9. The fourth-order valence-electron chi connectivity index (χ4n) is 2.94. The van der Waals surface area contributed by atoms with E-state index in [9.17, 15) is 9.59 Å². The molecule has 2 aliphatic rings. The molecular weight excluding hydrogens is 308 g/mol. The number of rotatable bonds is 4. The van der Waals surface area contributed by atoms with Gasteiger partial charge in [0.05, 0.1) is 6.54 Å². The third-order valence-corrected chi connectivity index (χ3v) is 4.17. The van der Waals surface area contributed by atoms with E-state index in [4.69, 9.17) is 9.47 Å². The van der Waals surface area contributed by atoms with Gasteiger partial charge in [-0.15, -0.1) is 0 Å². The van der Waals surface area contributed by atoms with Gasteiger partial charge in [-0.05, 0) is 23.3 Å². The first-order chi connectivity index (χ1) is 11.7. The maximum Gasteiger partial charge on any atom is 0.325 e. The van der Waals surface area contributed by atoms with Crippen molar-refractivity contribution in [2.45, 2.75) is 19.0 Å². The Kier molecular flexibility index (Phi) is 3.57. The number of benzene rings is 2. The molecule has 0 saturated carbocycles. The van der Waals surface area contributed by atoms with Crippen LogP contribution in [0.1, 0.15) is 11.1 Å². The molecule has 1 atom stereocenters. The highest BCUT2D eigenvalue weighted by atomic mass is 16.7. The molecule has 1 unspecified atom stereocenters. The zero-order valence-corrected chi connectivity index (χ0v) is 12.9. The number of nitrogens with one attached hydrogen (secondary N) is 1. The molecule has 6 heteroatoms. The van der Waals surface area contributed by atoms with Crippen molar-refractivity contribution in [2.24, 2.45) is 0 Å². The van der Waals surface area contributed by atoms with Crippen molar-refractivity contribution >= 4 is 11.9 Å². The molecule has 122 valence electrons. The number of carbonyl (C=O) groups excluding carboxylic acids is 2. The molecule has 0 spiro atoms. The number of fused-ring (bicyclic) bond motifs is 1. The summed E-state index contributed by atoms with van der Waals surface area (Å²) >= 11 is 0. The van der Waals surface area contributed by atoms with Crippen molar-refractivity contribution in [3.8, 4) is 11.5 Å². The zero-order chi connectivity index (χ0) is 16.5. The minimum Gasteiger partial charge on any atom is -0.454 e. The van der Waals surface area contributed by atoms with Crippen LogP contribution in [0.15, 0.2) is 48.5 Å². The molecule has 2 aromatic carbocycles. The van der Waals surface area contributed by atoms with E-state index < -0.39 is 6.04 Å². The summed E-state index contributed by atoms with van der Waals surface area (Å²) in [5.74, 6) is 1.11. The molecule has 0 radical (unpaired) electrons.